The molecule has 0 aliphatic rings. The molecule has 0 aromatic heterocycles. The van der Waals surface area contributed by atoms with Gasteiger partial charge in [0.1, 0.15) is 0 Å². The highest BCUT2D eigenvalue weighted by Crippen LogP contribution is 2.25. The number of carbonyl (C=O) groups is 1. The molecule has 0 aliphatic carbocycles. The van der Waals surface area contributed by atoms with Gasteiger partial charge in [-0.05, 0) is 24.6 Å². The fourth-order valence-electron chi connectivity index (χ4n) is 2.28. The lowest BCUT2D eigenvalue weighted by Gasteiger charge is -2.23. The molecule has 0 fully saturated rings. The van der Waals surface area contributed by atoms with Gasteiger partial charge in [0.2, 0.25) is 0 Å². The second-order valence-electron chi connectivity index (χ2n) is 5.54. The van der Waals surface area contributed by atoms with Crippen LogP contribution in [0.4, 0.5) is 16.2 Å². The van der Waals surface area contributed by atoms with Crippen LogP contribution >= 0.6 is 0 Å². The van der Waals surface area contributed by atoms with E-state index in [1.165, 1.54) is 5.56 Å². The van der Waals surface area contributed by atoms with Crippen LogP contribution in [-0.2, 0) is 6.54 Å². The Morgan fingerprint density at radius 3 is 2.48 bits per heavy atom. The van der Waals surface area contributed by atoms with E-state index in [9.17, 15) is 4.79 Å². The molecule has 0 saturated carbocycles. The van der Waals surface area contributed by atoms with Crippen LogP contribution in [0.2, 0.25) is 0 Å². The van der Waals surface area contributed by atoms with Gasteiger partial charge < -0.3 is 20.6 Å². The fourth-order valence-corrected chi connectivity index (χ4v) is 2.28. The lowest BCUT2D eigenvalue weighted by atomic mass is 10.2. The third kappa shape index (κ3) is 5.00. The van der Waals surface area contributed by atoms with E-state index in [4.69, 9.17) is 5.11 Å². The van der Waals surface area contributed by atoms with Crippen LogP contribution in [0, 0.1) is 0 Å². The molecule has 0 spiro atoms. The molecule has 0 radical (unpaired) electrons. The molecule has 0 bridgehead atoms. The highest BCUT2D eigenvalue weighted by atomic mass is 16.3. The number of anilines is 2. The number of nitrogens with one attached hydrogen (secondary N) is 2. The number of para-hydroxylation sites is 2. The summed E-state index contributed by atoms with van der Waals surface area (Å²) in [5, 5.41) is 14.5. The molecule has 5 heteroatoms. The average molecular weight is 313 g/mol. The van der Waals surface area contributed by atoms with E-state index in [2.05, 4.69) is 27.7 Å². The van der Waals surface area contributed by atoms with Crippen molar-refractivity contribution in [2.75, 3.05) is 23.9 Å². The van der Waals surface area contributed by atoms with Crippen LogP contribution < -0.4 is 15.5 Å². The van der Waals surface area contributed by atoms with Gasteiger partial charge in [-0.3, -0.25) is 0 Å². The van der Waals surface area contributed by atoms with Crippen molar-refractivity contribution in [3.8, 4) is 0 Å². The van der Waals surface area contributed by atoms with Crippen LogP contribution in [0.5, 0.6) is 0 Å². The Labute approximate surface area is 136 Å². The lowest BCUT2D eigenvalue weighted by molar-refractivity contribution is 0.229. The second kappa shape index (κ2) is 8.19. The van der Waals surface area contributed by atoms with Crippen molar-refractivity contribution in [1.82, 2.24) is 5.32 Å². The maximum absolute atomic E-state index is 12.0. The first-order chi connectivity index (χ1) is 11.1. The normalized spacial score (nSPS) is 11.6. The number of nitrogens with zero attached hydrogens (tertiary/aromatic N) is 1. The SMILES string of the molecule is CC(CO)NC(=O)Nc1ccccc1N(C)Cc1ccccc1. The van der Waals surface area contributed by atoms with Gasteiger partial charge >= 0.3 is 6.03 Å². The summed E-state index contributed by atoms with van der Waals surface area (Å²) >= 11 is 0. The topological polar surface area (TPSA) is 64.6 Å². The van der Waals surface area contributed by atoms with Gasteiger partial charge in [0.25, 0.3) is 0 Å². The van der Waals surface area contributed by atoms with Crippen LogP contribution in [0.25, 0.3) is 0 Å². The minimum atomic E-state index is -0.327. The Hall–Kier alpha value is -2.53. The Morgan fingerprint density at radius 1 is 1.13 bits per heavy atom. The van der Waals surface area contributed by atoms with Crippen molar-refractivity contribution in [3.63, 3.8) is 0 Å². The Kier molecular flexibility index (Phi) is 6.00. The summed E-state index contributed by atoms with van der Waals surface area (Å²) in [5.41, 5.74) is 2.86. The Balaban J connectivity index is 2.09. The molecule has 0 heterocycles. The average Bonchev–Trinajstić information content (AvgIpc) is 2.56. The Morgan fingerprint density at radius 2 is 1.78 bits per heavy atom. The summed E-state index contributed by atoms with van der Waals surface area (Å²) < 4.78 is 0. The number of rotatable bonds is 6. The largest absolute Gasteiger partial charge is 0.394 e. The van der Waals surface area contributed by atoms with Gasteiger partial charge in [-0.2, -0.15) is 0 Å². The summed E-state index contributed by atoms with van der Waals surface area (Å²) in [6.07, 6.45) is 0. The lowest BCUT2D eigenvalue weighted by Crippen LogP contribution is -2.38. The molecule has 2 aromatic carbocycles. The monoisotopic (exact) mass is 313 g/mol. The molecule has 1 unspecified atom stereocenters. The molecule has 0 aliphatic heterocycles. The third-order valence-electron chi connectivity index (χ3n) is 3.48. The number of amides is 2. The van der Waals surface area contributed by atoms with Crippen molar-refractivity contribution >= 4 is 17.4 Å². The molecule has 0 saturated heterocycles. The maximum Gasteiger partial charge on any atom is 0.319 e. The highest BCUT2D eigenvalue weighted by Gasteiger charge is 2.11. The highest BCUT2D eigenvalue weighted by molar-refractivity contribution is 5.93. The predicted octanol–water partition coefficient (Wildman–Crippen LogP) is 2.83. The van der Waals surface area contributed by atoms with Crippen molar-refractivity contribution in [3.05, 3.63) is 60.2 Å². The number of hydrogen-bond donors (Lipinski definition) is 3. The van der Waals surface area contributed by atoms with E-state index in [1.807, 2.05) is 49.5 Å². The van der Waals surface area contributed by atoms with Gasteiger partial charge in [-0.25, -0.2) is 4.79 Å². The zero-order valence-corrected chi connectivity index (χ0v) is 13.5. The van der Waals surface area contributed by atoms with Crippen molar-refractivity contribution in [1.29, 1.82) is 0 Å². The molecule has 23 heavy (non-hydrogen) atoms. The summed E-state index contributed by atoms with van der Waals surface area (Å²) in [6.45, 7) is 2.39. The first-order valence-corrected chi connectivity index (χ1v) is 7.62. The number of aliphatic hydroxyl groups excluding tert-OH is 1. The summed E-state index contributed by atoms with van der Waals surface area (Å²) in [4.78, 5) is 14.0. The van der Waals surface area contributed by atoms with E-state index < -0.39 is 0 Å². The first-order valence-electron chi connectivity index (χ1n) is 7.62. The van der Waals surface area contributed by atoms with Gasteiger partial charge in [0.05, 0.1) is 24.0 Å². The number of hydrogen-bond acceptors (Lipinski definition) is 3. The number of benzene rings is 2. The van der Waals surface area contributed by atoms with Crippen LogP contribution in [0.3, 0.4) is 0 Å². The Bertz CT molecular complexity index is 631. The van der Waals surface area contributed by atoms with Gasteiger partial charge in [-0.15, -0.1) is 0 Å². The van der Waals surface area contributed by atoms with E-state index in [1.54, 1.807) is 6.92 Å². The van der Waals surface area contributed by atoms with E-state index in [0.29, 0.717) is 0 Å². The number of aliphatic hydroxyl groups is 1. The maximum atomic E-state index is 12.0. The van der Waals surface area contributed by atoms with Crippen molar-refractivity contribution < 1.29 is 9.90 Å². The molecule has 3 N–H and O–H groups in total. The predicted molar refractivity (Wildman–Crippen MR) is 93.7 cm³/mol. The van der Waals surface area contributed by atoms with E-state index >= 15 is 0 Å². The number of urea groups is 1. The zero-order chi connectivity index (χ0) is 16.7. The van der Waals surface area contributed by atoms with E-state index in [-0.39, 0.29) is 18.7 Å². The van der Waals surface area contributed by atoms with Gasteiger partial charge in [-0.1, -0.05) is 42.5 Å². The van der Waals surface area contributed by atoms with Crippen molar-refractivity contribution in [2.45, 2.75) is 19.5 Å². The summed E-state index contributed by atoms with van der Waals surface area (Å²) in [6, 6.07) is 17.2. The van der Waals surface area contributed by atoms with Crippen molar-refractivity contribution in [2.24, 2.45) is 0 Å². The number of carbonyl (C=O) groups excluding carboxylic acids is 1. The van der Waals surface area contributed by atoms with Gasteiger partial charge in [0, 0.05) is 13.6 Å². The minimum absolute atomic E-state index is 0.0943. The quantitative estimate of drug-likeness (QED) is 0.768. The smallest absolute Gasteiger partial charge is 0.319 e. The minimum Gasteiger partial charge on any atom is -0.394 e. The molecule has 1 atom stereocenters. The first kappa shape index (κ1) is 16.8. The molecule has 2 rings (SSSR count). The van der Waals surface area contributed by atoms with Crippen LogP contribution in [-0.4, -0.2) is 30.8 Å². The van der Waals surface area contributed by atoms with Gasteiger partial charge in [0.15, 0.2) is 0 Å². The van der Waals surface area contributed by atoms with Crippen LogP contribution in [0.1, 0.15) is 12.5 Å². The summed E-state index contributed by atoms with van der Waals surface area (Å²) in [5.74, 6) is 0. The molecule has 122 valence electrons. The molecule has 5 nitrogen and oxygen atoms in total. The van der Waals surface area contributed by atoms with E-state index in [0.717, 1.165) is 17.9 Å². The summed E-state index contributed by atoms with van der Waals surface area (Å²) in [7, 11) is 1.99. The fraction of sp³-hybridized carbons (Fsp3) is 0.278. The molecular formula is C18H23N3O2. The second-order valence-corrected chi connectivity index (χ2v) is 5.54. The molecular weight excluding hydrogens is 290 g/mol. The molecule has 2 amide bonds. The zero-order valence-electron chi connectivity index (χ0n) is 13.5. The van der Waals surface area contributed by atoms with Crippen LogP contribution in [0.15, 0.2) is 54.6 Å². The third-order valence-corrected chi connectivity index (χ3v) is 3.48. The standard InChI is InChI=1S/C18H23N3O2/c1-14(13-22)19-18(23)20-16-10-6-7-11-17(16)21(2)12-15-8-4-3-5-9-15/h3-11,14,22H,12-13H2,1-2H3,(H2,19,20,23). The molecule has 2 aromatic rings.